The van der Waals surface area contributed by atoms with Gasteiger partial charge in [0, 0.05) is 18.2 Å². The lowest BCUT2D eigenvalue weighted by Crippen LogP contribution is -2.11. The zero-order valence-electron chi connectivity index (χ0n) is 16.3. The minimum absolute atomic E-state index is 0.0504. The van der Waals surface area contributed by atoms with E-state index in [1.54, 1.807) is 30.1 Å². The number of carbonyl (C=O) groups is 1. The maximum atomic E-state index is 12.1. The van der Waals surface area contributed by atoms with Crippen molar-refractivity contribution in [2.45, 2.75) is 0 Å². The van der Waals surface area contributed by atoms with Crippen molar-refractivity contribution in [3.05, 3.63) is 82.2 Å². The lowest BCUT2D eigenvalue weighted by molar-refractivity contribution is 0.111. The zero-order valence-corrected chi connectivity index (χ0v) is 16.3. The van der Waals surface area contributed by atoms with Crippen LogP contribution in [0.15, 0.2) is 59.5 Å². The number of nitrogens with one attached hydrogen (secondary N) is 1. The van der Waals surface area contributed by atoms with Crippen molar-refractivity contribution in [3.63, 3.8) is 0 Å². The number of pyridine rings is 1. The summed E-state index contributed by atoms with van der Waals surface area (Å²) in [7, 11) is 1.80. The van der Waals surface area contributed by atoms with Crippen molar-refractivity contribution in [2.75, 3.05) is 0 Å². The third kappa shape index (κ3) is 2.80. The maximum absolute atomic E-state index is 12.1. The summed E-state index contributed by atoms with van der Waals surface area (Å²) in [6, 6.07) is 14.9. The van der Waals surface area contributed by atoms with Gasteiger partial charge in [0.1, 0.15) is 11.2 Å². The van der Waals surface area contributed by atoms with Crippen LogP contribution in [0, 0.1) is 6.57 Å². The fourth-order valence-corrected chi connectivity index (χ4v) is 3.81. The summed E-state index contributed by atoms with van der Waals surface area (Å²) >= 11 is 0. The molecule has 0 saturated carbocycles. The highest BCUT2D eigenvalue weighted by molar-refractivity contribution is 6.03. The summed E-state index contributed by atoms with van der Waals surface area (Å²) in [6.45, 7) is 7.79. The van der Waals surface area contributed by atoms with Crippen molar-refractivity contribution < 1.29 is 4.79 Å². The van der Waals surface area contributed by atoms with E-state index < -0.39 is 5.56 Å². The number of aldehydes is 1. The number of aryl methyl sites for hydroxylation is 1. The number of hydrogen-bond acceptors (Lipinski definition) is 5. The Morgan fingerprint density at radius 2 is 1.90 bits per heavy atom. The van der Waals surface area contributed by atoms with Crippen molar-refractivity contribution in [1.82, 2.24) is 25.0 Å². The second kappa shape index (κ2) is 7.00. The van der Waals surface area contributed by atoms with Crippen LogP contribution in [-0.4, -0.2) is 31.2 Å². The maximum Gasteiger partial charge on any atom is 0.273 e. The van der Waals surface area contributed by atoms with Gasteiger partial charge in [0.25, 0.3) is 5.56 Å². The molecule has 8 heteroatoms. The average Bonchev–Trinajstić information content (AvgIpc) is 3.19. The molecule has 148 valence electrons. The molecule has 8 nitrogen and oxygen atoms in total. The van der Waals surface area contributed by atoms with Crippen LogP contribution >= 0.6 is 0 Å². The van der Waals surface area contributed by atoms with Crippen LogP contribution in [0.5, 0.6) is 0 Å². The molecule has 0 unspecified atom stereocenters. The van der Waals surface area contributed by atoms with Crippen LogP contribution < -0.4 is 5.56 Å². The van der Waals surface area contributed by atoms with Crippen LogP contribution in [0.1, 0.15) is 10.5 Å². The first-order valence-corrected chi connectivity index (χ1v) is 9.39. The lowest BCUT2D eigenvalue weighted by atomic mass is 9.98. The molecule has 5 aromatic rings. The van der Waals surface area contributed by atoms with Gasteiger partial charge in [-0.05, 0) is 22.9 Å². The number of fused-ring (bicyclic) bond motifs is 2. The van der Waals surface area contributed by atoms with E-state index in [9.17, 15) is 9.59 Å². The second-order valence-corrected chi connectivity index (χ2v) is 6.97. The first kappa shape index (κ1) is 18.4. The highest BCUT2D eigenvalue weighted by atomic mass is 16.1. The fourth-order valence-electron chi connectivity index (χ4n) is 3.81. The van der Waals surface area contributed by atoms with Crippen LogP contribution in [0.3, 0.4) is 0 Å². The molecule has 0 radical (unpaired) electrons. The minimum atomic E-state index is -0.420. The quantitative estimate of drug-likeness (QED) is 0.362. The van der Waals surface area contributed by atoms with E-state index in [0.717, 1.165) is 16.3 Å². The number of hydrogen-bond donors (Lipinski definition) is 1. The van der Waals surface area contributed by atoms with E-state index in [0.29, 0.717) is 28.9 Å². The smallest absolute Gasteiger partial charge is 0.273 e. The second-order valence-electron chi connectivity index (χ2n) is 6.97. The van der Waals surface area contributed by atoms with E-state index in [2.05, 4.69) is 25.1 Å². The molecule has 0 spiro atoms. The monoisotopic (exact) mass is 406 g/mol. The van der Waals surface area contributed by atoms with Gasteiger partial charge in [0.15, 0.2) is 6.29 Å². The van der Waals surface area contributed by atoms with Crippen molar-refractivity contribution >= 4 is 33.6 Å². The number of rotatable bonds is 3. The first-order chi connectivity index (χ1) is 15.1. The SMILES string of the molecule is [C-]#[N+]c1c(-c2c(-c3ccc4c(=O)[nH]nc(C=O)c4n3)cnn2C)ccc2ccccc12. The molecule has 0 aliphatic heterocycles. The number of benzene rings is 2. The van der Waals surface area contributed by atoms with Crippen LogP contribution in [0.25, 0.3) is 49.0 Å². The Hall–Kier alpha value is -4.64. The van der Waals surface area contributed by atoms with Gasteiger partial charge in [0.2, 0.25) is 5.69 Å². The van der Waals surface area contributed by atoms with Gasteiger partial charge in [-0.3, -0.25) is 14.3 Å². The van der Waals surface area contributed by atoms with Gasteiger partial charge in [-0.25, -0.2) is 14.9 Å². The van der Waals surface area contributed by atoms with Gasteiger partial charge < -0.3 is 0 Å². The summed E-state index contributed by atoms with van der Waals surface area (Å²) in [5.74, 6) is 0. The predicted octanol–water partition coefficient (Wildman–Crippen LogP) is 3.90. The van der Waals surface area contributed by atoms with E-state index in [4.69, 9.17) is 6.57 Å². The molecule has 3 aromatic heterocycles. The normalized spacial score (nSPS) is 11.0. The average molecular weight is 406 g/mol. The van der Waals surface area contributed by atoms with Crippen LogP contribution in [0.2, 0.25) is 0 Å². The molecule has 31 heavy (non-hydrogen) atoms. The van der Waals surface area contributed by atoms with E-state index >= 15 is 0 Å². The molecule has 0 aliphatic carbocycles. The minimum Gasteiger partial charge on any atom is -0.296 e. The Balaban J connectivity index is 1.80. The van der Waals surface area contributed by atoms with Crippen molar-refractivity contribution in [2.24, 2.45) is 7.05 Å². The largest absolute Gasteiger partial charge is 0.296 e. The van der Waals surface area contributed by atoms with Crippen molar-refractivity contribution in [1.29, 1.82) is 0 Å². The Bertz CT molecular complexity index is 1610. The summed E-state index contributed by atoms with van der Waals surface area (Å²) in [5, 5.41) is 12.6. The number of carbonyl (C=O) groups excluding carboxylic acids is 1. The summed E-state index contributed by atoms with van der Waals surface area (Å²) < 4.78 is 1.69. The van der Waals surface area contributed by atoms with Gasteiger partial charge in [-0.15, -0.1) is 0 Å². The Morgan fingerprint density at radius 3 is 2.71 bits per heavy atom. The van der Waals surface area contributed by atoms with E-state index in [-0.39, 0.29) is 16.6 Å². The Morgan fingerprint density at radius 1 is 1.06 bits per heavy atom. The number of aromatic amines is 1. The highest BCUT2D eigenvalue weighted by Crippen LogP contribution is 2.40. The molecule has 0 saturated heterocycles. The molecular formula is C23H14N6O2. The fraction of sp³-hybridized carbons (Fsp3) is 0.0435. The number of H-pyrrole nitrogens is 1. The predicted molar refractivity (Wildman–Crippen MR) is 117 cm³/mol. The molecule has 0 atom stereocenters. The summed E-state index contributed by atoms with van der Waals surface area (Å²) in [5.41, 5.74) is 3.02. The van der Waals surface area contributed by atoms with Crippen LogP contribution in [0.4, 0.5) is 5.69 Å². The molecule has 0 fully saturated rings. The Kier molecular flexibility index (Phi) is 4.15. The molecular weight excluding hydrogens is 392 g/mol. The van der Waals surface area contributed by atoms with E-state index in [1.165, 1.54) is 0 Å². The van der Waals surface area contributed by atoms with Crippen LogP contribution in [-0.2, 0) is 7.05 Å². The third-order valence-corrected chi connectivity index (χ3v) is 5.25. The molecule has 0 amide bonds. The standard InChI is InChI=1S/C23H14N6O2/c1-24-20-14-6-4-3-5-13(14)7-8-15(20)22-17(11-25-29(22)2)18-10-9-16-21(26-18)19(12-30)27-28-23(16)31/h3-12H,2H3,(H,28,31). The topological polar surface area (TPSA) is 97.9 Å². The molecule has 1 N–H and O–H groups in total. The van der Waals surface area contributed by atoms with Gasteiger partial charge >= 0.3 is 0 Å². The molecule has 0 aliphatic rings. The first-order valence-electron chi connectivity index (χ1n) is 9.39. The third-order valence-electron chi connectivity index (χ3n) is 5.25. The number of nitrogens with zero attached hydrogens (tertiary/aromatic N) is 5. The van der Waals surface area contributed by atoms with E-state index in [1.807, 2.05) is 36.4 Å². The van der Waals surface area contributed by atoms with Gasteiger partial charge in [-0.1, -0.05) is 36.4 Å². The molecule has 3 heterocycles. The Labute approximate surface area is 175 Å². The molecule has 0 bridgehead atoms. The highest BCUT2D eigenvalue weighted by Gasteiger charge is 2.19. The summed E-state index contributed by atoms with van der Waals surface area (Å²) in [6.07, 6.45) is 2.22. The number of aromatic nitrogens is 5. The molecule has 2 aromatic carbocycles. The van der Waals surface area contributed by atoms with Gasteiger partial charge in [-0.2, -0.15) is 10.2 Å². The zero-order chi connectivity index (χ0) is 21.5. The van der Waals surface area contributed by atoms with Gasteiger partial charge in [0.05, 0.1) is 29.5 Å². The summed E-state index contributed by atoms with van der Waals surface area (Å²) in [4.78, 5) is 31.8. The lowest BCUT2D eigenvalue weighted by Gasteiger charge is -2.11. The van der Waals surface area contributed by atoms with Crippen molar-refractivity contribution in [3.8, 4) is 22.5 Å². The molecule has 5 rings (SSSR count).